The van der Waals surface area contributed by atoms with Gasteiger partial charge in [-0.2, -0.15) is 0 Å². The lowest BCUT2D eigenvalue weighted by atomic mass is 9.74. The monoisotopic (exact) mass is 348 g/mol. The molecule has 2 rings (SSSR count). The van der Waals surface area contributed by atoms with Crippen LogP contribution in [0.4, 0.5) is 0 Å². The molecule has 1 fully saturated rings. The van der Waals surface area contributed by atoms with E-state index in [4.69, 9.17) is 4.74 Å². The molecule has 25 heavy (non-hydrogen) atoms. The molecule has 0 radical (unpaired) electrons. The number of hydrogen-bond donors (Lipinski definition) is 3. The molecule has 0 atom stereocenters. The fraction of sp³-hybridized carbons (Fsp3) is 0.500. The minimum absolute atomic E-state index is 0.0934. The number of amides is 2. The van der Waals surface area contributed by atoms with Crippen molar-refractivity contribution in [2.45, 2.75) is 32.1 Å². The van der Waals surface area contributed by atoms with Gasteiger partial charge in [0.15, 0.2) is 0 Å². The Bertz CT molecular complexity index is 638. The molecule has 0 aliphatic heterocycles. The standard InChI is InChI=1S/C18H24N2O5/c1-25-14-7-5-6-13(10-14)16(22)19-11-15(21)20-12-18(17(23)24)8-3-2-4-9-18/h5-7,10H,2-4,8-9,11-12H2,1H3,(H,19,22)(H,20,21)(H,23,24). The molecule has 1 aromatic carbocycles. The molecule has 0 aromatic heterocycles. The molecule has 0 saturated heterocycles. The van der Waals surface area contributed by atoms with Crippen molar-refractivity contribution in [1.29, 1.82) is 0 Å². The summed E-state index contributed by atoms with van der Waals surface area (Å²) in [5.41, 5.74) is -0.494. The summed E-state index contributed by atoms with van der Waals surface area (Å²) >= 11 is 0. The third-order valence-corrected chi connectivity index (χ3v) is 4.63. The summed E-state index contributed by atoms with van der Waals surface area (Å²) in [6, 6.07) is 6.61. The van der Waals surface area contributed by atoms with E-state index in [1.54, 1.807) is 24.3 Å². The van der Waals surface area contributed by atoms with Gasteiger partial charge in [0.1, 0.15) is 5.75 Å². The number of carbonyl (C=O) groups excluding carboxylic acids is 2. The topological polar surface area (TPSA) is 105 Å². The van der Waals surface area contributed by atoms with Crippen molar-refractivity contribution in [3.63, 3.8) is 0 Å². The van der Waals surface area contributed by atoms with E-state index in [0.29, 0.717) is 24.2 Å². The number of aliphatic carboxylic acids is 1. The maximum absolute atomic E-state index is 12.1. The average molecular weight is 348 g/mol. The molecule has 136 valence electrons. The van der Waals surface area contributed by atoms with Crippen LogP contribution >= 0.6 is 0 Å². The molecule has 0 bridgehead atoms. The van der Waals surface area contributed by atoms with Crippen LogP contribution in [-0.4, -0.2) is 43.1 Å². The van der Waals surface area contributed by atoms with Crippen LogP contribution < -0.4 is 15.4 Å². The fourth-order valence-corrected chi connectivity index (χ4v) is 3.05. The van der Waals surface area contributed by atoms with Gasteiger partial charge < -0.3 is 20.5 Å². The SMILES string of the molecule is COc1cccc(C(=O)NCC(=O)NCC2(C(=O)O)CCCCC2)c1. The van der Waals surface area contributed by atoms with Crippen LogP contribution in [0.25, 0.3) is 0 Å². The first-order valence-electron chi connectivity index (χ1n) is 8.39. The maximum Gasteiger partial charge on any atom is 0.311 e. The maximum atomic E-state index is 12.1. The van der Waals surface area contributed by atoms with Crippen molar-refractivity contribution in [2.24, 2.45) is 5.41 Å². The van der Waals surface area contributed by atoms with Crippen molar-refractivity contribution in [3.8, 4) is 5.75 Å². The molecule has 1 aliphatic carbocycles. The summed E-state index contributed by atoms with van der Waals surface area (Å²) in [4.78, 5) is 35.6. The Morgan fingerprint density at radius 3 is 2.52 bits per heavy atom. The second-order valence-electron chi connectivity index (χ2n) is 6.34. The van der Waals surface area contributed by atoms with E-state index < -0.39 is 17.3 Å². The summed E-state index contributed by atoms with van der Waals surface area (Å²) in [5.74, 6) is -1.10. The molecule has 1 saturated carbocycles. The quantitative estimate of drug-likeness (QED) is 0.694. The van der Waals surface area contributed by atoms with Gasteiger partial charge in [-0.05, 0) is 31.0 Å². The van der Waals surface area contributed by atoms with Crippen LogP contribution in [0.5, 0.6) is 5.75 Å². The summed E-state index contributed by atoms with van der Waals surface area (Å²) < 4.78 is 5.05. The summed E-state index contributed by atoms with van der Waals surface area (Å²) in [6.45, 7) is -0.109. The van der Waals surface area contributed by atoms with Crippen molar-refractivity contribution in [1.82, 2.24) is 10.6 Å². The van der Waals surface area contributed by atoms with Crippen molar-refractivity contribution in [3.05, 3.63) is 29.8 Å². The van der Waals surface area contributed by atoms with Crippen LogP contribution in [0.3, 0.4) is 0 Å². The summed E-state index contributed by atoms with van der Waals surface area (Å²) in [6.07, 6.45) is 3.88. The zero-order chi connectivity index (χ0) is 18.3. The third-order valence-electron chi connectivity index (χ3n) is 4.63. The fourth-order valence-electron chi connectivity index (χ4n) is 3.05. The highest BCUT2D eigenvalue weighted by Crippen LogP contribution is 2.35. The van der Waals surface area contributed by atoms with Gasteiger partial charge in [0.05, 0.1) is 19.1 Å². The lowest BCUT2D eigenvalue weighted by Crippen LogP contribution is -2.46. The van der Waals surface area contributed by atoms with Crippen molar-refractivity contribution in [2.75, 3.05) is 20.2 Å². The molecule has 7 nitrogen and oxygen atoms in total. The number of hydrogen-bond acceptors (Lipinski definition) is 4. The molecule has 1 aliphatic rings. The van der Waals surface area contributed by atoms with Gasteiger partial charge >= 0.3 is 5.97 Å². The van der Waals surface area contributed by atoms with Crippen molar-refractivity contribution >= 4 is 17.8 Å². The first-order chi connectivity index (χ1) is 12.0. The molecule has 0 unspecified atom stereocenters. The molecule has 3 N–H and O–H groups in total. The van der Waals surface area contributed by atoms with E-state index >= 15 is 0 Å². The number of carbonyl (C=O) groups is 3. The van der Waals surface area contributed by atoms with E-state index in [2.05, 4.69) is 10.6 Å². The van der Waals surface area contributed by atoms with E-state index in [-0.39, 0.29) is 19.0 Å². The Balaban J connectivity index is 1.83. The molecule has 0 spiro atoms. The summed E-state index contributed by atoms with van der Waals surface area (Å²) in [5, 5.41) is 14.7. The van der Waals surface area contributed by atoms with Gasteiger partial charge in [-0.15, -0.1) is 0 Å². The number of carboxylic acid groups (broad SMARTS) is 1. The number of methoxy groups -OCH3 is 1. The number of rotatable bonds is 7. The van der Waals surface area contributed by atoms with Crippen LogP contribution in [0, 0.1) is 5.41 Å². The van der Waals surface area contributed by atoms with Crippen molar-refractivity contribution < 1.29 is 24.2 Å². The zero-order valence-corrected chi connectivity index (χ0v) is 14.3. The lowest BCUT2D eigenvalue weighted by Gasteiger charge is -2.33. The van der Waals surface area contributed by atoms with Gasteiger partial charge in [0.2, 0.25) is 5.91 Å². The molecular formula is C18H24N2O5. The van der Waals surface area contributed by atoms with Gasteiger partial charge in [0, 0.05) is 12.1 Å². The van der Waals surface area contributed by atoms with Gasteiger partial charge in [-0.25, -0.2) is 0 Å². The lowest BCUT2D eigenvalue weighted by molar-refractivity contribution is -0.151. The number of carboxylic acids is 1. The number of nitrogens with one attached hydrogen (secondary N) is 2. The molecule has 2 amide bonds. The van der Waals surface area contributed by atoms with E-state index in [9.17, 15) is 19.5 Å². The van der Waals surface area contributed by atoms with Crippen LogP contribution in [-0.2, 0) is 9.59 Å². The third kappa shape index (κ3) is 4.95. The Kier molecular flexibility index (Phi) is 6.38. The Morgan fingerprint density at radius 2 is 1.88 bits per heavy atom. The van der Waals surface area contributed by atoms with E-state index in [1.165, 1.54) is 7.11 Å². The second kappa shape index (κ2) is 8.50. The van der Waals surface area contributed by atoms with E-state index in [1.807, 2.05) is 0 Å². The number of benzene rings is 1. The predicted molar refractivity (Wildman–Crippen MR) is 91.5 cm³/mol. The first-order valence-corrected chi connectivity index (χ1v) is 8.39. The molecule has 1 aromatic rings. The highest BCUT2D eigenvalue weighted by molar-refractivity contribution is 5.96. The Labute approximate surface area is 146 Å². The van der Waals surface area contributed by atoms with Crippen LogP contribution in [0.2, 0.25) is 0 Å². The summed E-state index contributed by atoms with van der Waals surface area (Å²) in [7, 11) is 1.51. The second-order valence-corrected chi connectivity index (χ2v) is 6.34. The molecule has 0 heterocycles. The predicted octanol–water partition coefficient (Wildman–Crippen LogP) is 1.58. The first kappa shape index (κ1) is 18.8. The highest BCUT2D eigenvalue weighted by atomic mass is 16.5. The van der Waals surface area contributed by atoms with Crippen LogP contribution in [0.15, 0.2) is 24.3 Å². The largest absolute Gasteiger partial charge is 0.497 e. The van der Waals surface area contributed by atoms with E-state index in [0.717, 1.165) is 19.3 Å². The number of ether oxygens (including phenoxy) is 1. The Morgan fingerprint density at radius 1 is 1.16 bits per heavy atom. The van der Waals surface area contributed by atoms with Crippen LogP contribution in [0.1, 0.15) is 42.5 Å². The average Bonchev–Trinajstić information content (AvgIpc) is 2.65. The normalized spacial score (nSPS) is 15.9. The van der Waals surface area contributed by atoms with Gasteiger partial charge in [-0.3, -0.25) is 14.4 Å². The zero-order valence-electron chi connectivity index (χ0n) is 14.3. The minimum Gasteiger partial charge on any atom is -0.497 e. The minimum atomic E-state index is -0.884. The van der Waals surface area contributed by atoms with Gasteiger partial charge in [0.25, 0.3) is 5.91 Å². The molecule has 7 heteroatoms. The Hall–Kier alpha value is -2.57. The highest BCUT2D eigenvalue weighted by Gasteiger charge is 2.39. The van der Waals surface area contributed by atoms with Gasteiger partial charge in [-0.1, -0.05) is 25.3 Å². The molecular weight excluding hydrogens is 324 g/mol. The smallest absolute Gasteiger partial charge is 0.311 e.